The Hall–Kier alpha value is -2.48. The van der Waals surface area contributed by atoms with Crippen LogP contribution in [0, 0.1) is 5.92 Å². The molecule has 0 radical (unpaired) electrons. The van der Waals surface area contributed by atoms with Gasteiger partial charge >= 0.3 is 0 Å². The number of hydrogen-bond acceptors (Lipinski definition) is 5. The predicted octanol–water partition coefficient (Wildman–Crippen LogP) is 1.95. The molecule has 3 aliphatic rings. The highest BCUT2D eigenvalue weighted by molar-refractivity contribution is 5.39. The van der Waals surface area contributed by atoms with Crippen molar-refractivity contribution in [2.45, 2.75) is 32.0 Å². The summed E-state index contributed by atoms with van der Waals surface area (Å²) in [6.07, 6.45) is 5.37. The standard InChI is InChI=1S/C24H29N5O2/c30-24-19(14-26-7-9-31-10-8-26)4-5-22-20-11-18(13-29(22)24)12-27(15-20)16-21-17-28-6-2-1-3-23(28)25-21/h1-6,17-18,20H,7-16H2/t18-,20+/m0/s1. The summed E-state index contributed by atoms with van der Waals surface area (Å²) in [5.41, 5.74) is 4.47. The third kappa shape index (κ3) is 3.71. The van der Waals surface area contributed by atoms with E-state index in [0.29, 0.717) is 11.8 Å². The van der Waals surface area contributed by atoms with Crippen LogP contribution in [-0.4, -0.2) is 63.1 Å². The molecule has 6 rings (SSSR count). The minimum absolute atomic E-state index is 0.215. The van der Waals surface area contributed by atoms with Gasteiger partial charge in [-0.05, 0) is 30.5 Å². The fourth-order valence-electron chi connectivity index (χ4n) is 5.63. The number of piperidine rings is 1. The lowest BCUT2D eigenvalue weighted by molar-refractivity contribution is 0.0338. The van der Waals surface area contributed by atoms with Crippen LogP contribution in [0.4, 0.5) is 0 Å². The van der Waals surface area contributed by atoms with Crippen molar-refractivity contribution in [2.24, 2.45) is 5.92 Å². The monoisotopic (exact) mass is 419 g/mol. The summed E-state index contributed by atoms with van der Waals surface area (Å²) in [4.78, 5) is 22.9. The Bertz CT molecular complexity index is 1110. The molecule has 162 valence electrons. The topological polar surface area (TPSA) is 55.0 Å². The third-order valence-corrected chi connectivity index (χ3v) is 7.06. The van der Waals surface area contributed by atoms with Crippen molar-refractivity contribution < 1.29 is 4.74 Å². The number of likely N-dealkylation sites (tertiary alicyclic amines) is 1. The second-order valence-electron chi connectivity index (χ2n) is 9.28. The lowest BCUT2D eigenvalue weighted by Crippen LogP contribution is -2.47. The van der Waals surface area contributed by atoms with E-state index in [1.807, 2.05) is 24.4 Å². The molecule has 7 nitrogen and oxygen atoms in total. The van der Waals surface area contributed by atoms with Crippen LogP contribution in [-0.2, 0) is 24.4 Å². The maximum absolute atomic E-state index is 13.3. The number of morpholine rings is 1. The van der Waals surface area contributed by atoms with Crippen LogP contribution in [0.3, 0.4) is 0 Å². The van der Waals surface area contributed by atoms with Gasteiger partial charge in [0.25, 0.3) is 5.56 Å². The first-order chi connectivity index (χ1) is 15.2. The van der Waals surface area contributed by atoms with Crippen LogP contribution in [0.5, 0.6) is 0 Å². The van der Waals surface area contributed by atoms with Crippen LogP contribution in [0.2, 0.25) is 0 Å². The van der Waals surface area contributed by atoms with Crippen molar-refractivity contribution >= 4 is 5.65 Å². The Kier molecular flexibility index (Phi) is 4.89. The zero-order chi connectivity index (χ0) is 20.8. The lowest BCUT2D eigenvalue weighted by Gasteiger charge is -2.42. The average Bonchev–Trinajstić information content (AvgIpc) is 3.19. The van der Waals surface area contributed by atoms with Gasteiger partial charge in [0.2, 0.25) is 0 Å². The zero-order valence-corrected chi connectivity index (χ0v) is 17.8. The summed E-state index contributed by atoms with van der Waals surface area (Å²) < 4.78 is 9.61. The average molecular weight is 420 g/mol. The molecule has 3 aromatic heterocycles. The van der Waals surface area contributed by atoms with Crippen LogP contribution in [0.15, 0.2) is 47.5 Å². The molecule has 0 unspecified atom stereocenters. The summed E-state index contributed by atoms with van der Waals surface area (Å²) >= 11 is 0. The maximum Gasteiger partial charge on any atom is 0.255 e. The molecule has 2 bridgehead atoms. The first-order valence-electron chi connectivity index (χ1n) is 11.4. The second-order valence-corrected chi connectivity index (χ2v) is 9.28. The Morgan fingerprint density at radius 2 is 1.90 bits per heavy atom. The van der Waals surface area contributed by atoms with Crippen molar-refractivity contribution in [2.75, 3.05) is 39.4 Å². The van der Waals surface area contributed by atoms with E-state index in [1.165, 1.54) is 12.1 Å². The highest BCUT2D eigenvalue weighted by Crippen LogP contribution is 2.35. The van der Waals surface area contributed by atoms with E-state index in [1.54, 1.807) is 0 Å². The molecular weight excluding hydrogens is 390 g/mol. The molecule has 31 heavy (non-hydrogen) atoms. The number of rotatable bonds is 4. The van der Waals surface area contributed by atoms with Gasteiger partial charge in [-0.25, -0.2) is 4.98 Å². The van der Waals surface area contributed by atoms with Gasteiger partial charge in [-0.3, -0.25) is 14.6 Å². The quantitative estimate of drug-likeness (QED) is 0.647. The molecule has 2 fully saturated rings. The second kappa shape index (κ2) is 7.89. The molecule has 0 saturated carbocycles. The predicted molar refractivity (Wildman–Crippen MR) is 118 cm³/mol. The summed E-state index contributed by atoms with van der Waals surface area (Å²) in [6, 6.07) is 10.4. The molecular formula is C24H29N5O2. The number of imidazole rings is 1. The molecule has 2 saturated heterocycles. The van der Waals surface area contributed by atoms with Gasteiger partial charge in [-0.2, -0.15) is 0 Å². The van der Waals surface area contributed by atoms with Gasteiger partial charge in [0.15, 0.2) is 0 Å². The van der Waals surface area contributed by atoms with Crippen molar-refractivity contribution in [3.8, 4) is 0 Å². The van der Waals surface area contributed by atoms with Crippen molar-refractivity contribution in [1.29, 1.82) is 0 Å². The van der Waals surface area contributed by atoms with Crippen LogP contribution >= 0.6 is 0 Å². The molecule has 0 spiro atoms. The molecule has 0 aliphatic carbocycles. The fourth-order valence-corrected chi connectivity index (χ4v) is 5.63. The van der Waals surface area contributed by atoms with E-state index < -0.39 is 0 Å². The number of nitrogens with zero attached hydrogens (tertiary/aromatic N) is 5. The zero-order valence-electron chi connectivity index (χ0n) is 17.8. The Labute approximate surface area is 181 Å². The number of pyridine rings is 2. The van der Waals surface area contributed by atoms with Crippen LogP contribution in [0.1, 0.15) is 29.3 Å². The van der Waals surface area contributed by atoms with E-state index in [4.69, 9.17) is 9.72 Å². The Balaban J connectivity index is 1.20. The van der Waals surface area contributed by atoms with Gasteiger partial charge in [0, 0.05) is 75.4 Å². The molecule has 3 aliphatic heterocycles. The van der Waals surface area contributed by atoms with Gasteiger partial charge in [0.1, 0.15) is 5.65 Å². The Morgan fingerprint density at radius 1 is 1.00 bits per heavy atom. The van der Waals surface area contributed by atoms with Gasteiger partial charge in [0.05, 0.1) is 18.9 Å². The van der Waals surface area contributed by atoms with E-state index in [2.05, 4.69) is 37.1 Å². The maximum atomic E-state index is 13.3. The summed E-state index contributed by atoms with van der Waals surface area (Å²) in [5.74, 6) is 0.953. The van der Waals surface area contributed by atoms with E-state index >= 15 is 0 Å². The van der Waals surface area contributed by atoms with Gasteiger partial charge in [-0.15, -0.1) is 0 Å². The van der Waals surface area contributed by atoms with Gasteiger partial charge in [-0.1, -0.05) is 12.1 Å². The smallest absolute Gasteiger partial charge is 0.255 e. The normalized spacial score (nSPS) is 24.4. The summed E-state index contributed by atoms with van der Waals surface area (Å²) in [7, 11) is 0. The SMILES string of the molecule is O=c1c(CN2CCOCC2)ccc2n1C[C@H]1C[C@@H]2CN(Cc2cn3ccccc3n2)C1. The molecule has 7 heteroatoms. The Morgan fingerprint density at radius 3 is 2.77 bits per heavy atom. The highest BCUT2D eigenvalue weighted by atomic mass is 16.5. The van der Waals surface area contributed by atoms with E-state index in [-0.39, 0.29) is 5.56 Å². The molecule has 3 aromatic rings. The van der Waals surface area contributed by atoms with E-state index in [0.717, 1.165) is 75.9 Å². The number of hydrogen-bond donors (Lipinski definition) is 0. The molecule has 0 N–H and O–H groups in total. The van der Waals surface area contributed by atoms with Crippen LogP contribution < -0.4 is 5.56 Å². The van der Waals surface area contributed by atoms with Crippen molar-refractivity contribution in [3.05, 3.63) is 70.0 Å². The minimum atomic E-state index is 0.215. The third-order valence-electron chi connectivity index (χ3n) is 7.06. The minimum Gasteiger partial charge on any atom is -0.379 e. The molecule has 6 heterocycles. The van der Waals surface area contributed by atoms with E-state index in [9.17, 15) is 4.79 Å². The number of ether oxygens (including phenoxy) is 1. The summed E-state index contributed by atoms with van der Waals surface area (Å²) in [6.45, 7) is 7.80. The van der Waals surface area contributed by atoms with Crippen LogP contribution in [0.25, 0.3) is 5.65 Å². The summed E-state index contributed by atoms with van der Waals surface area (Å²) in [5, 5.41) is 0. The van der Waals surface area contributed by atoms with Crippen molar-refractivity contribution in [1.82, 2.24) is 23.8 Å². The lowest BCUT2D eigenvalue weighted by atomic mass is 9.83. The molecule has 0 amide bonds. The number of aromatic nitrogens is 3. The first kappa shape index (κ1) is 19.2. The molecule has 0 aromatic carbocycles. The van der Waals surface area contributed by atoms with Gasteiger partial charge < -0.3 is 13.7 Å². The molecule has 2 atom stereocenters. The number of fused-ring (bicyclic) bond motifs is 5. The first-order valence-corrected chi connectivity index (χ1v) is 11.4. The van der Waals surface area contributed by atoms with Crippen molar-refractivity contribution in [3.63, 3.8) is 0 Å². The highest BCUT2D eigenvalue weighted by Gasteiger charge is 2.35. The fraction of sp³-hybridized carbons (Fsp3) is 0.500. The largest absolute Gasteiger partial charge is 0.379 e.